The molecule has 1 atom stereocenters. The van der Waals surface area contributed by atoms with Crippen molar-refractivity contribution in [2.24, 2.45) is 5.92 Å². The lowest BCUT2D eigenvalue weighted by atomic mass is 9.99. The summed E-state index contributed by atoms with van der Waals surface area (Å²) in [7, 11) is 1.73. The lowest BCUT2D eigenvalue weighted by molar-refractivity contribution is 0.413. The van der Waals surface area contributed by atoms with Gasteiger partial charge < -0.3 is 10.1 Å². The van der Waals surface area contributed by atoms with Crippen LogP contribution in [-0.4, -0.2) is 13.2 Å². The first-order chi connectivity index (χ1) is 8.61. The van der Waals surface area contributed by atoms with Crippen molar-refractivity contribution in [1.29, 1.82) is 0 Å². The molecule has 1 aliphatic rings. The van der Waals surface area contributed by atoms with Crippen molar-refractivity contribution in [3.05, 3.63) is 22.2 Å². The zero-order valence-corrected chi connectivity index (χ0v) is 13.0. The van der Waals surface area contributed by atoms with Crippen molar-refractivity contribution in [1.82, 2.24) is 0 Å². The maximum Gasteiger partial charge on any atom is 0.143 e. The Morgan fingerprint density at radius 3 is 2.61 bits per heavy atom. The van der Waals surface area contributed by atoms with Gasteiger partial charge in [-0.3, -0.25) is 0 Å². The molecule has 1 saturated carbocycles. The number of ether oxygens (including phenoxy) is 1. The largest absolute Gasteiger partial charge is 0.495 e. The molecular formula is C15H22BrNO. The molecule has 1 N–H and O–H groups in total. The zero-order valence-electron chi connectivity index (χ0n) is 11.4. The third kappa shape index (κ3) is 3.00. The lowest BCUT2D eigenvalue weighted by Gasteiger charge is -2.24. The Morgan fingerprint density at radius 2 is 2.00 bits per heavy atom. The highest BCUT2D eigenvalue weighted by Gasteiger charge is 2.22. The van der Waals surface area contributed by atoms with Crippen LogP contribution in [-0.2, 0) is 0 Å². The predicted octanol–water partition coefficient (Wildman–Crippen LogP) is 4.76. The second kappa shape index (κ2) is 5.96. The van der Waals surface area contributed by atoms with E-state index in [4.69, 9.17) is 4.74 Å². The molecule has 1 unspecified atom stereocenters. The van der Waals surface area contributed by atoms with Gasteiger partial charge in [0.05, 0.1) is 12.8 Å². The summed E-state index contributed by atoms with van der Waals surface area (Å²) in [6.07, 6.45) is 5.47. The van der Waals surface area contributed by atoms with Gasteiger partial charge in [-0.2, -0.15) is 0 Å². The predicted molar refractivity (Wildman–Crippen MR) is 80.5 cm³/mol. The number of halogens is 1. The third-order valence-corrected chi connectivity index (χ3v) is 4.42. The Balaban J connectivity index is 2.17. The topological polar surface area (TPSA) is 21.3 Å². The van der Waals surface area contributed by atoms with Crippen LogP contribution in [0.2, 0.25) is 0 Å². The fraction of sp³-hybridized carbons (Fsp3) is 0.600. The molecule has 0 aromatic heterocycles. The fourth-order valence-electron chi connectivity index (χ4n) is 2.86. The molecule has 100 valence electrons. The minimum Gasteiger partial charge on any atom is -0.495 e. The van der Waals surface area contributed by atoms with Crippen LogP contribution < -0.4 is 10.1 Å². The van der Waals surface area contributed by atoms with E-state index in [0.717, 1.165) is 21.8 Å². The first kappa shape index (κ1) is 13.7. The van der Waals surface area contributed by atoms with Crippen LogP contribution >= 0.6 is 15.9 Å². The maximum absolute atomic E-state index is 5.48. The van der Waals surface area contributed by atoms with Gasteiger partial charge in [0.15, 0.2) is 0 Å². The third-order valence-electron chi connectivity index (χ3n) is 3.96. The molecule has 0 aliphatic heterocycles. The number of hydrogen-bond donors (Lipinski definition) is 1. The minimum absolute atomic E-state index is 0.515. The van der Waals surface area contributed by atoms with Gasteiger partial charge in [0.25, 0.3) is 0 Å². The van der Waals surface area contributed by atoms with Crippen molar-refractivity contribution in [2.45, 2.75) is 45.6 Å². The summed E-state index contributed by atoms with van der Waals surface area (Å²) >= 11 is 3.51. The number of rotatable bonds is 4. The minimum atomic E-state index is 0.515. The summed E-state index contributed by atoms with van der Waals surface area (Å²) in [5.41, 5.74) is 2.37. The molecule has 2 nitrogen and oxygen atoms in total. The van der Waals surface area contributed by atoms with Crippen LogP contribution in [0.1, 0.15) is 38.2 Å². The first-order valence-electron chi connectivity index (χ1n) is 6.72. The molecule has 1 fully saturated rings. The second-order valence-corrected chi connectivity index (χ2v) is 6.19. The normalized spacial score (nSPS) is 17.8. The van der Waals surface area contributed by atoms with E-state index in [0.29, 0.717) is 6.04 Å². The second-order valence-electron chi connectivity index (χ2n) is 5.28. The Morgan fingerprint density at radius 1 is 1.33 bits per heavy atom. The number of anilines is 1. The van der Waals surface area contributed by atoms with Gasteiger partial charge in [-0.1, -0.05) is 28.8 Å². The van der Waals surface area contributed by atoms with E-state index in [1.807, 2.05) is 6.07 Å². The van der Waals surface area contributed by atoms with Crippen LogP contribution in [0.5, 0.6) is 5.75 Å². The number of aryl methyl sites for hydroxylation is 1. The van der Waals surface area contributed by atoms with Gasteiger partial charge in [0.2, 0.25) is 0 Å². The van der Waals surface area contributed by atoms with E-state index in [-0.39, 0.29) is 0 Å². The highest BCUT2D eigenvalue weighted by Crippen LogP contribution is 2.35. The van der Waals surface area contributed by atoms with Gasteiger partial charge in [0.1, 0.15) is 5.75 Å². The lowest BCUT2D eigenvalue weighted by Crippen LogP contribution is -2.24. The van der Waals surface area contributed by atoms with E-state index >= 15 is 0 Å². The molecule has 18 heavy (non-hydrogen) atoms. The Bertz CT molecular complexity index is 413. The summed E-state index contributed by atoms with van der Waals surface area (Å²) in [5.74, 6) is 1.73. The monoisotopic (exact) mass is 311 g/mol. The van der Waals surface area contributed by atoms with Crippen LogP contribution in [0, 0.1) is 12.8 Å². The van der Waals surface area contributed by atoms with Crippen molar-refractivity contribution in [3.63, 3.8) is 0 Å². The van der Waals surface area contributed by atoms with Crippen LogP contribution in [0.15, 0.2) is 16.6 Å². The molecule has 1 aromatic carbocycles. The summed E-state index contributed by atoms with van der Waals surface area (Å²) < 4.78 is 6.54. The first-order valence-corrected chi connectivity index (χ1v) is 7.51. The van der Waals surface area contributed by atoms with E-state index < -0.39 is 0 Å². The van der Waals surface area contributed by atoms with Gasteiger partial charge in [-0.25, -0.2) is 0 Å². The quantitative estimate of drug-likeness (QED) is 0.865. The van der Waals surface area contributed by atoms with Crippen LogP contribution in [0.3, 0.4) is 0 Å². The van der Waals surface area contributed by atoms with Gasteiger partial charge in [-0.05, 0) is 50.3 Å². The molecule has 0 amide bonds. The molecule has 3 heteroatoms. The Kier molecular flexibility index (Phi) is 4.55. The molecule has 0 bridgehead atoms. The summed E-state index contributed by atoms with van der Waals surface area (Å²) in [6.45, 7) is 4.41. The van der Waals surface area contributed by atoms with Crippen molar-refractivity contribution < 1.29 is 4.74 Å². The Hall–Kier alpha value is -0.700. The van der Waals surface area contributed by atoms with Crippen molar-refractivity contribution in [3.8, 4) is 5.75 Å². The van der Waals surface area contributed by atoms with E-state index in [1.165, 1.54) is 31.2 Å². The highest BCUT2D eigenvalue weighted by atomic mass is 79.9. The van der Waals surface area contributed by atoms with Crippen LogP contribution in [0.4, 0.5) is 5.69 Å². The molecule has 0 spiro atoms. The van der Waals surface area contributed by atoms with E-state index in [1.54, 1.807) is 7.11 Å². The summed E-state index contributed by atoms with van der Waals surface area (Å²) in [6, 6.07) is 4.67. The van der Waals surface area contributed by atoms with E-state index in [9.17, 15) is 0 Å². The standard InChI is InChI=1S/C15H22BrNO/c1-10-8-13(16)9-14(18-3)15(10)17-11(2)12-6-4-5-7-12/h8-9,11-12,17H,4-7H2,1-3H3. The van der Waals surface area contributed by atoms with Gasteiger partial charge in [-0.15, -0.1) is 0 Å². The molecule has 1 aromatic rings. The average Bonchev–Trinajstić information content (AvgIpc) is 2.85. The molecular weight excluding hydrogens is 290 g/mol. The summed E-state index contributed by atoms with van der Waals surface area (Å²) in [5, 5.41) is 3.65. The number of hydrogen-bond acceptors (Lipinski definition) is 2. The Labute approximate surface area is 118 Å². The molecule has 1 aliphatic carbocycles. The molecule has 0 radical (unpaired) electrons. The maximum atomic E-state index is 5.48. The van der Waals surface area contributed by atoms with Crippen molar-refractivity contribution >= 4 is 21.6 Å². The number of benzene rings is 1. The average molecular weight is 312 g/mol. The molecule has 0 heterocycles. The smallest absolute Gasteiger partial charge is 0.143 e. The summed E-state index contributed by atoms with van der Waals surface area (Å²) in [4.78, 5) is 0. The van der Waals surface area contributed by atoms with E-state index in [2.05, 4.69) is 41.2 Å². The van der Waals surface area contributed by atoms with Crippen LogP contribution in [0.25, 0.3) is 0 Å². The SMILES string of the molecule is COc1cc(Br)cc(C)c1NC(C)C1CCCC1. The molecule has 0 saturated heterocycles. The number of methoxy groups -OCH3 is 1. The highest BCUT2D eigenvalue weighted by molar-refractivity contribution is 9.10. The number of nitrogens with one attached hydrogen (secondary N) is 1. The fourth-order valence-corrected chi connectivity index (χ4v) is 3.41. The van der Waals surface area contributed by atoms with Gasteiger partial charge in [0, 0.05) is 10.5 Å². The zero-order chi connectivity index (χ0) is 13.1. The van der Waals surface area contributed by atoms with Gasteiger partial charge >= 0.3 is 0 Å². The van der Waals surface area contributed by atoms with Crippen molar-refractivity contribution in [2.75, 3.05) is 12.4 Å². The molecule has 2 rings (SSSR count).